The summed E-state index contributed by atoms with van der Waals surface area (Å²) >= 11 is 0. The molecule has 0 heterocycles. The Bertz CT molecular complexity index is 914. The van der Waals surface area contributed by atoms with Gasteiger partial charge in [-0.15, -0.1) is 0 Å². The first-order valence-corrected chi connectivity index (χ1v) is 9.77. The third-order valence-electron chi connectivity index (χ3n) is 3.72. The van der Waals surface area contributed by atoms with Gasteiger partial charge in [0.15, 0.2) is 0 Å². The van der Waals surface area contributed by atoms with Crippen molar-refractivity contribution in [3.05, 3.63) is 42.5 Å². The molecule has 0 unspecified atom stereocenters. The van der Waals surface area contributed by atoms with Crippen LogP contribution in [0.1, 0.15) is 0 Å². The Hall–Kier alpha value is -2.94. The normalized spacial score (nSPS) is 10.8. The quantitative estimate of drug-likeness (QED) is 0.737. The maximum Gasteiger partial charge on any atom is 0.245 e. The molecule has 0 aromatic heterocycles. The number of ether oxygens (including phenoxy) is 3. The Morgan fingerprint density at radius 2 is 1.67 bits per heavy atom. The van der Waals surface area contributed by atoms with E-state index in [4.69, 9.17) is 14.2 Å². The van der Waals surface area contributed by atoms with Crippen molar-refractivity contribution in [1.82, 2.24) is 0 Å². The molecular formula is C18H22N2O6S. The largest absolute Gasteiger partial charge is 0.497 e. The first-order valence-electron chi connectivity index (χ1n) is 7.92. The number of methoxy groups -OCH3 is 3. The van der Waals surface area contributed by atoms with Crippen molar-refractivity contribution in [1.29, 1.82) is 0 Å². The Balaban J connectivity index is 2.35. The Morgan fingerprint density at radius 3 is 2.26 bits per heavy atom. The van der Waals surface area contributed by atoms with Crippen LogP contribution in [0.2, 0.25) is 0 Å². The number of sulfonamides is 1. The molecule has 9 heteroatoms. The van der Waals surface area contributed by atoms with Crippen LogP contribution in [0, 0.1) is 0 Å². The monoisotopic (exact) mass is 394 g/mol. The smallest absolute Gasteiger partial charge is 0.245 e. The fourth-order valence-corrected chi connectivity index (χ4v) is 3.29. The number of nitrogens with zero attached hydrogens (tertiary/aromatic N) is 1. The van der Waals surface area contributed by atoms with Crippen LogP contribution in [-0.2, 0) is 14.8 Å². The van der Waals surface area contributed by atoms with E-state index in [9.17, 15) is 13.2 Å². The minimum absolute atomic E-state index is 0.203. The number of amides is 1. The van der Waals surface area contributed by atoms with Gasteiger partial charge in [-0.05, 0) is 24.3 Å². The van der Waals surface area contributed by atoms with Crippen LogP contribution in [0.15, 0.2) is 42.5 Å². The lowest BCUT2D eigenvalue weighted by Crippen LogP contribution is -2.37. The van der Waals surface area contributed by atoms with Crippen molar-refractivity contribution in [3.8, 4) is 17.2 Å². The van der Waals surface area contributed by atoms with Crippen molar-refractivity contribution >= 4 is 27.3 Å². The van der Waals surface area contributed by atoms with Crippen LogP contribution in [0.25, 0.3) is 0 Å². The van der Waals surface area contributed by atoms with E-state index in [1.807, 2.05) is 0 Å². The van der Waals surface area contributed by atoms with Gasteiger partial charge in [-0.1, -0.05) is 12.1 Å². The highest BCUT2D eigenvalue weighted by atomic mass is 32.2. The van der Waals surface area contributed by atoms with Gasteiger partial charge < -0.3 is 19.5 Å². The van der Waals surface area contributed by atoms with Gasteiger partial charge in [0.1, 0.15) is 23.8 Å². The average molecular weight is 394 g/mol. The van der Waals surface area contributed by atoms with Gasteiger partial charge in [0, 0.05) is 6.07 Å². The van der Waals surface area contributed by atoms with E-state index in [1.165, 1.54) is 27.4 Å². The lowest BCUT2D eigenvalue weighted by atomic mass is 10.2. The zero-order valence-electron chi connectivity index (χ0n) is 15.6. The van der Waals surface area contributed by atoms with Crippen molar-refractivity contribution in [3.63, 3.8) is 0 Å². The van der Waals surface area contributed by atoms with Crippen molar-refractivity contribution in [2.75, 3.05) is 43.8 Å². The average Bonchev–Trinajstić information content (AvgIpc) is 2.65. The number of hydrogen-bond acceptors (Lipinski definition) is 6. The topological polar surface area (TPSA) is 94.2 Å². The fraction of sp³-hybridized carbons (Fsp3) is 0.278. The summed E-state index contributed by atoms with van der Waals surface area (Å²) in [5.74, 6) is 0.668. The first kappa shape index (κ1) is 20.4. The molecule has 0 radical (unpaired) electrons. The zero-order chi connectivity index (χ0) is 20.0. The highest BCUT2D eigenvalue weighted by Gasteiger charge is 2.25. The van der Waals surface area contributed by atoms with Gasteiger partial charge >= 0.3 is 0 Å². The lowest BCUT2D eigenvalue weighted by Gasteiger charge is -2.24. The van der Waals surface area contributed by atoms with Gasteiger partial charge in [-0.2, -0.15) is 0 Å². The molecule has 0 spiro atoms. The lowest BCUT2D eigenvalue weighted by molar-refractivity contribution is -0.114. The summed E-state index contributed by atoms with van der Waals surface area (Å²) in [6.07, 6.45) is 1.02. The van der Waals surface area contributed by atoms with Crippen LogP contribution < -0.4 is 23.8 Å². The summed E-state index contributed by atoms with van der Waals surface area (Å²) in [5.41, 5.74) is 0.644. The van der Waals surface area contributed by atoms with E-state index < -0.39 is 22.5 Å². The number of anilines is 2. The third-order valence-corrected chi connectivity index (χ3v) is 4.85. The Morgan fingerprint density at radius 1 is 1.00 bits per heavy atom. The van der Waals surface area contributed by atoms with Gasteiger partial charge in [0.25, 0.3) is 0 Å². The molecule has 2 rings (SSSR count). The standard InChI is InChI=1S/C18H22N2O6S/c1-24-13-9-10-17(26-3)15(11-13)20(27(4,22)23)12-18(21)19-14-7-5-6-8-16(14)25-2/h5-11H,12H2,1-4H3,(H,19,21). The molecule has 0 atom stereocenters. The van der Waals surface area contributed by atoms with Crippen molar-refractivity contribution in [2.45, 2.75) is 0 Å². The van der Waals surface area contributed by atoms with Crippen LogP contribution in [0.3, 0.4) is 0 Å². The number of carbonyl (C=O) groups is 1. The molecule has 0 fully saturated rings. The number of rotatable bonds is 8. The van der Waals surface area contributed by atoms with E-state index in [0.29, 0.717) is 22.9 Å². The highest BCUT2D eigenvalue weighted by Crippen LogP contribution is 2.33. The molecular weight excluding hydrogens is 372 g/mol. The molecule has 2 aromatic carbocycles. The molecule has 2 aromatic rings. The number of nitrogens with one attached hydrogen (secondary N) is 1. The second kappa shape index (κ2) is 8.63. The van der Waals surface area contributed by atoms with E-state index in [0.717, 1.165) is 10.6 Å². The van der Waals surface area contributed by atoms with Crippen LogP contribution in [0.4, 0.5) is 11.4 Å². The van der Waals surface area contributed by atoms with E-state index in [-0.39, 0.29) is 5.69 Å². The number of carbonyl (C=O) groups excluding carboxylic acids is 1. The fourth-order valence-electron chi connectivity index (χ4n) is 2.44. The molecule has 1 N–H and O–H groups in total. The summed E-state index contributed by atoms with van der Waals surface area (Å²) in [6.45, 7) is -0.444. The van der Waals surface area contributed by atoms with Gasteiger partial charge in [0.05, 0.1) is 39.0 Å². The zero-order valence-corrected chi connectivity index (χ0v) is 16.4. The molecule has 0 aliphatic carbocycles. The minimum Gasteiger partial charge on any atom is -0.497 e. The predicted molar refractivity (Wildman–Crippen MR) is 103 cm³/mol. The molecule has 0 aliphatic rings. The Kier molecular flexibility index (Phi) is 6.51. The summed E-state index contributed by atoms with van der Waals surface area (Å²) in [4.78, 5) is 12.5. The van der Waals surface area contributed by atoms with Gasteiger partial charge in [0.2, 0.25) is 15.9 Å². The molecule has 0 saturated carbocycles. The van der Waals surface area contributed by atoms with E-state index in [2.05, 4.69) is 5.32 Å². The molecule has 0 bridgehead atoms. The second-order valence-electron chi connectivity index (χ2n) is 5.56. The number of para-hydroxylation sites is 2. The van der Waals surface area contributed by atoms with Crippen LogP contribution >= 0.6 is 0 Å². The molecule has 146 valence electrons. The maximum absolute atomic E-state index is 12.5. The Labute approximate surface area is 158 Å². The van der Waals surface area contributed by atoms with Crippen LogP contribution in [-0.4, -0.2) is 48.5 Å². The SMILES string of the molecule is COc1ccc(OC)c(N(CC(=O)Nc2ccccc2OC)S(C)(=O)=O)c1. The molecule has 0 aliphatic heterocycles. The summed E-state index contributed by atoms with van der Waals surface area (Å²) in [6, 6.07) is 11.6. The van der Waals surface area contributed by atoms with Gasteiger partial charge in [-0.25, -0.2) is 8.42 Å². The molecule has 1 amide bonds. The molecule has 27 heavy (non-hydrogen) atoms. The number of benzene rings is 2. The molecule has 8 nitrogen and oxygen atoms in total. The van der Waals surface area contributed by atoms with Crippen molar-refractivity contribution < 1.29 is 27.4 Å². The molecule has 0 saturated heterocycles. The second-order valence-corrected chi connectivity index (χ2v) is 7.46. The van der Waals surface area contributed by atoms with E-state index in [1.54, 1.807) is 36.4 Å². The first-order chi connectivity index (χ1) is 12.8. The summed E-state index contributed by atoms with van der Waals surface area (Å²) < 4.78 is 41.2. The number of hydrogen-bond donors (Lipinski definition) is 1. The summed E-state index contributed by atoms with van der Waals surface area (Å²) in [5, 5.41) is 2.66. The van der Waals surface area contributed by atoms with Crippen LogP contribution in [0.5, 0.6) is 17.2 Å². The van der Waals surface area contributed by atoms with E-state index >= 15 is 0 Å². The van der Waals surface area contributed by atoms with Gasteiger partial charge in [-0.3, -0.25) is 9.10 Å². The maximum atomic E-state index is 12.5. The third kappa shape index (κ3) is 5.04. The minimum atomic E-state index is -3.77. The highest BCUT2D eigenvalue weighted by molar-refractivity contribution is 7.92. The predicted octanol–water partition coefficient (Wildman–Crippen LogP) is 2.12. The van der Waals surface area contributed by atoms with Crippen molar-refractivity contribution in [2.24, 2.45) is 0 Å². The summed E-state index contributed by atoms with van der Waals surface area (Å²) in [7, 11) is 0.589.